The third kappa shape index (κ3) is 6.85. The molecule has 0 spiro atoms. The number of hydrogen-bond acceptors (Lipinski definition) is 12. The number of ether oxygens (including phenoxy) is 3. The molecule has 0 saturated heterocycles. The van der Waals surface area contributed by atoms with E-state index in [1.807, 2.05) is 0 Å². The molecule has 0 saturated carbocycles. The molecule has 0 fully saturated rings. The average Bonchev–Trinajstić information content (AvgIpc) is 3.45. The quantitative estimate of drug-likeness (QED) is 0.0856. The fourth-order valence-corrected chi connectivity index (χ4v) is 7.58. The number of phenols is 1. The van der Waals surface area contributed by atoms with Crippen LogP contribution in [0.1, 0.15) is 63.0 Å². The lowest BCUT2D eigenvalue weighted by Gasteiger charge is -2.36. The van der Waals surface area contributed by atoms with Gasteiger partial charge in [-0.1, -0.05) is 45.9 Å². The van der Waals surface area contributed by atoms with Crippen LogP contribution in [-0.2, 0) is 14.3 Å². The Labute approximate surface area is 326 Å². The molecule has 6 rings (SSSR count). The fourth-order valence-electron chi connectivity index (χ4n) is 7.58. The molecule has 13 nitrogen and oxygen atoms in total. The zero-order valence-corrected chi connectivity index (χ0v) is 32.9. The second-order valence-electron chi connectivity index (χ2n) is 15.3. The molecule has 2 aliphatic rings. The number of phenolic OH excluding ortho intramolecular Hbond substituents is 1. The Balaban J connectivity index is 1.62. The minimum Gasteiger partial charge on any atom is -0.505 e. The Bertz CT molecular complexity index is 2480. The van der Waals surface area contributed by atoms with Gasteiger partial charge in [0.15, 0.2) is 28.2 Å². The molecule has 3 aromatic carbocycles. The number of anilines is 1. The topological polar surface area (TPSA) is 198 Å². The summed E-state index contributed by atoms with van der Waals surface area (Å²) in [6.07, 6.45) is 2.99. The molecule has 4 bridgehead atoms. The van der Waals surface area contributed by atoms with Crippen LogP contribution in [-0.4, -0.2) is 74.4 Å². The molecule has 9 atom stereocenters. The molecule has 304 valence electrons. The number of aromatic hydroxyl groups is 1. The summed E-state index contributed by atoms with van der Waals surface area (Å²) in [4.78, 5) is 46.7. The van der Waals surface area contributed by atoms with Crippen LogP contribution >= 0.6 is 0 Å². The normalized spacial score (nSPS) is 30.9. The van der Waals surface area contributed by atoms with Crippen molar-refractivity contribution < 1.29 is 57.4 Å². The summed E-state index contributed by atoms with van der Waals surface area (Å²) in [7, 11) is 1.40. The fraction of sp³-hybridized carbons (Fsp3) is 0.429. The van der Waals surface area contributed by atoms with E-state index in [2.05, 4.69) is 10.3 Å². The van der Waals surface area contributed by atoms with Crippen molar-refractivity contribution in [3.63, 3.8) is 0 Å². The predicted octanol–water partition coefficient (Wildman–Crippen LogP) is 6.01. The minimum absolute atomic E-state index is 0.0800. The van der Waals surface area contributed by atoms with Crippen molar-refractivity contribution in [3.05, 3.63) is 80.8 Å². The SMILES string of the molecule is CO[C@H]1/C=C/O[C@@]2(C)Oc3c(C)c(=O)c4c(O)c(c5oc6c(F)c(C)c(F)cc6nc5c4c3C2=O)NC(=O)/C(C)=C\C=C\[C@H](C)[C@H](O)[C@@H](C)[C@@H](O)[C@@H](C)[C@H](O)[C@@H]1C. The van der Waals surface area contributed by atoms with E-state index in [-0.39, 0.29) is 44.4 Å². The number of halogens is 2. The van der Waals surface area contributed by atoms with Crippen LogP contribution in [0.4, 0.5) is 14.5 Å². The molecule has 0 radical (unpaired) electrons. The Morgan fingerprint density at radius 3 is 2.21 bits per heavy atom. The molecule has 0 aliphatic carbocycles. The average molecular weight is 793 g/mol. The molecule has 57 heavy (non-hydrogen) atoms. The van der Waals surface area contributed by atoms with E-state index < -0.39 is 111 Å². The van der Waals surface area contributed by atoms with Crippen LogP contribution in [0, 0.1) is 49.2 Å². The maximum atomic E-state index is 15.5. The summed E-state index contributed by atoms with van der Waals surface area (Å²) in [5, 5.41) is 47.4. The third-order valence-electron chi connectivity index (χ3n) is 11.5. The van der Waals surface area contributed by atoms with Gasteiger partial charge in [-0.15, -0.1) is 0 Å². The van der Waals surface area contributed by atoms with Gasteiger partial charge < -0.3 is 44.4 Å². The Kier molecular flexibility index (Phi) is 11.1. The number of carbonyl (C=O) groups is 2. The smallest absolute Gasteiger partial charge is 0.312 e. The van der Waals surface area contributed by atoms with Gasteiger partial charge in [0.1, 0.15) is 28.3 Å². The lowest BCUT2D eigenvalue weighted by Crippen LogP contribution is -2.44. The second-order valence-corrected chi connectivity index (χ2v) is 15.3. The first-order valence-electron chi connectivity index (χ1n) is 18.5. The minimum atomic E-state index is -2.11. The Hall–Kier alpha value is -5.22. The molecule has 4 aromatic rings. The van der Waals surface area contributed by atoms with Crippen molar-refractivity contribution >= 4 is 50.3 Å². The molecule has 1 aromatic heterocycles. The number of nitrogens with zero attached hydrogens (tertiary/aromatic N) is 1. The zero-order chi connectivity index (χ0) is 42.0. The lowest BCUT2D eigenvalue weighted by atomic mass is 9.78. The maximum Gasteiger partial charge on any atom is 0.312 e. The van der Waals surface area contributed by atoms with E-state index >= 15 is 4.39 Å². The number of methoxy groups -OCH3 is 1. The molecule has 0 unspecified atom stereocenters. The van der Waals surface area contributed by atoms with Crippen molar-refractivity contribution in [1.29, 1.82) is 0 Å². The third-order valence-corrected chi connectivity index (χ3v) is 11.5. The van der Waals surface area contributed by atoms with Gasteiger partial charge in [-0.2, -0.15) is 0 Å². The molecular weight excluding hydrogens is 746 g/mol. The lowest BCUT2D eigenvalue weighted by molar-refractivity contribution is -0.112. The van der Waals surface area contributed by atoms with Gasteiger partial charge >= 0.3 is 5.79 Å². The van der Waals surface area contributed by atoms with E-state index in [9.17, 15) is 39.2 Å². The highest BCUT2D eigenvalue weighted by atomic mass is 19.1. The van der Waals surface area contributed by atoms with Crippen LogP contribution in [0.25, 0.3) is 33.0 Å². The van der Waals surface area contributed by atoms with E-state index in [4.69, 9.17) is 18.6 Å². The highest BCUT2D eigenvalue weighted by Gasteiger charge is 2.49. The number of ketones is 1. The summed E-state index contributed by atoms with van der Waals surface area (Å²) in [5.74, 6) is -9.41. The molecular formula is C42H46F2N2O11. The van der Waals surface area contributed by atoms with Crippen LogP contribution in [0.15, 0.2) is 51.4 Å². The van der Waals surface area contributed by atoms with Crippen molar-refractivity contribution in [2.24, 2.45) is 23.7 Å². The largest absolute Gasteiger partial charge is 0.505 e. The number of fused-ring (bicyclic) bond motifs is 2. The van der Waals surface area contributed by atoms with E-state index in [1.165, 1.54) is 53.0 Å². The summed E-state index contributed by atoms with van der Waals surface area (Å²) in [5.41, 5.74) is -3.54. The summed E-state index contributed by atoms with van der Waals surface area (Å²) < 4.78 is 54.0. The van der Waals surface area contributed by atoms with Crippen LogP contribution in [0.3, 0.4) is 0 Å². The number of allylic oxidation sites excluding steroid dienone is 2. The number of benzene rings is 3. The first kappa shape index (κ1) is 41.4. The summed E-state index contributed by atoms with van der Waals surface area (Å²) in [6, 6.07) is 0.916. The van der Waals surface area contributed by atoms with Crippen LogP contribution in [0.2, 0.25) is 0 Å². The van der Waals surface area contributed by atoms with Crippen molar-refractivity contribution in [3.8, 4) is 11.5 Å². The van der Waals surface area contributed by atoms with Gasteiger partial charge in [-0.05, 0) is 26.8 Å². The van der Waals surface area contributed by atoms with E-state index in [0.717, 1.165) is 12.3 Å². The van der Waals surface area contributed by atoms with E-state index in [1.54, 1.807) is 33.8 Å². The number of rotatable bonds is 1. The summed E-state index contributed by atoms with van der Waals surface area (Å²) >= 11 is 0. The monoisotopic (exact) mass is 792 g/mol. The van der Waals surface area contributed by atoms with Crippen molar-refractivity contribution in [2.75, 3.05) is 12.4 Å². The van der Waals surface area contributed by atoms with Crippen molar-refractivity contribution in [2.45, 2.75) is 85.6 Å². The number of carbonyl (C=O) groups excluding carboxylic acids is 2. The Morgan fingerprint density at radius 1 is 0.895 bits per heavy atom. The molecule has 15 heteroatoms. The van der Waals surface area contributed by atoms with Gasteiger partial charge in [0.25, 0.3) is 11.7 Å². The van der Waals surface area contributed by atoms with Gasteiger partial charge in [0.05, 0.1) is 41.6 Å². The van der Waals surface area contributed by atoms with Crippen LogP contribution < -0.4 is 15.5 Å². The predicted molar refractivity (Wildman–Crippen MR) is 207 cm³/mol. The highest BCUT2D eigenvalue weighted by Crippen LogP contribution is 2.48. The first-order chi connectivity index (χ1) is 26.7. The highest BCUT2D eigenvalue weighted by molar-refractivity contribution is 6.26. The molecule has 3 heterocycles. The Morgan fingerprint density at radius 2 is 1.54 bits per heavy atom. The number of aromatic nitrogens is 1. The number of nitrogens with one attached hydrogen (secondary N) is 1. The number of aliphatic hydroxyl groups excluding tert-OH is 3. The second kappa shape index (κ2) is 15.3. The maximum absolute atomic E-state index is 15.5. The summed E-state index contributed by atoms with van der Waals surface area (Å²) in [6.45, 7) is 12.0. The van der Waals surface area contributed by atoms with E-state index in [0.29, 0.717) is 0 Å². The zero-order valence-electron chi connectivity index (χ0n) is 32.9. The van der Waals surface area contributed by atoms with Crippen molar-refractivity contribution in [1.82, 2.24) is 4.98 Å². The molecule has 1 amide bonds. The van der Waals surface area contributed by atoms with Gasteiger partial charge in [-0.3, -0.25) is 14.4 Å². The van der Waals surface area contributed by atoms with Gasteiger partial charge in [0, 0.05) is 65.9 Å². The molecule has 2 aliphatic heterocycles. The van der Waals surface area contributed by atoms with Crippen LogP contribution in [0.5, 0.6) is 11.5 Å². The van der Waals surface area contributed by atoms with Gasteiger partial charge in [-0.25, -0.2) is 13.8 Å². The number of aliphatic hydroxyl groups is 3. The first-order valence-corrected chi connectivity index (χ1v) is 18.5. The van der Waals surface area contributed by atoms with Gasteiger partial charge in [0.2, 0.25) is 0 Å². The number of hydrogen-bond donors (Lipinski definition) is 5. The molecule has 5 N–H and O–H groups in total. The number of Topliss-reactive ketones (excluding diaryl/α,β-unsaturated/α-hetero) is 1. The number of amides is 1. The standard InChI is InChI=1S/C42H46F2N2O11/c1-16-11-10-12-17(2)41(53)46-31-36(51)27-26(30-39(31)56-38-24(45-30)15-23(43)18(3)29(38)44)28-37(22(7)35(27)50)57-42(8,40(28)52)55-14-13-25(54-9)19(4)33(48)21(6)34(49)20(5)32(16)47/h10-16,19-21,25,32-34,47-49,51H,1-9H3,(H,46,53)/b11-10+,14-13+,17-12-/t16-,19+,20+,21-,25-,32-,33+,34+,42-/m0/s1.